The van der Waals surface area contributed by atoms with Crippen LogP contribution in [0.4, 0.5) is 4.79 Å². The molecule has 25 heavy (non-hydrogen) atoms. The van der Waals surface area contributed by atoms with Gasteiger partial charge in [0.2, 0.25) is 0 Å². The SMILES string of the molecule is CC(C)(C)OC(=O)NC1(C(=O)O)CCC(OCc2ccccc2)CC1. The molecule has 1 amide bonds. The molecule has 0 unspecified atom stereocenters. The van der Waals surface area contributed by atoms with E-state index in [9.17, 15) is 14.7 Å². The Bertz CT molecular complexity index is 586. The Balaban J connectivity index is 1.89. The lowest BCUT2D eigenvalue weighted by molar-refractivity contribution is -0.148. The Morgan fingerprint density at radius 3 is 2.32 bits per heavy atom. The van der Waals surface area contributed by atoms with Crippen LogP contribution in [-0.4, -0.2) is 34.4 Å². The van der Waals surface area contributed by atoms with E-state index in [1.165, 1.54) is 0 Å². The summed E-state index contributed by atoms with van der Waals surface area (Å²) in [7, 11) is 0. The molecule has 1 fully saturated rings. The van der Waals surface area contributed by atoms with E-state index in [1.807, 2.05) is 30.3 Å². The normalized spacial score (nSPS) is 23.7. The highest BCUT2D eigenvalue weighted by atomic mass is 16.6. The van der Waals surface area contributed by atoms with Crippen LogP contribution in [0.1, 0.15) is 52.0 Å². The topological polar surface area (TPSA) is 84.9 Å². The fourth-order valence-corrected chi connectivity index (χ4v) is 2.93. The molecule has 0 bridgehead atoms. The minimum atomic E-state index is -1.28. The van der Waals surface area contributed by atoms with Gasteiger partial charge in [0.1, 0.15) is 11.1 Å². The van der Waals surface area contributed by atoms with Gasteiger partial charge in [-0.15, -0.1) is 0 Å². The van der Waals surface area contributed by atoms with Crippen molar-refractivity contribution >= 4 is 12.1 Å². The summed E-state index contributed by atoms with van der Waals surface area (Å²) in [5.74, 6) is -1.03. The van der Waals surface area contributed by atoms with Crippen LogP contribution in [0.5, 0.6) is 0 Å². The second kappa shape index (κ2) is 7.87. The van der Waals surface area contributed by atoms with Crippen molar-refractivity contribution in [3.8, 4) is 0 Å². The second-order valence-electron chi connectivity index (χ2n) is 7.51. The van der Waals surface area contributed by atoms with Gasteiger partial charge in [0.05, 0.1) is 12.7 Å². The van der Waals surface area contributed by atoms with Crippen LogP contribution in [0.25, 0.3) is 0 Å². The van der Waals surface area contributed by atoms with E-state index < -0.39 is 23.2 Å². The summed E-state index contributed by atoms with van der Waals surface area (Å²) in [5.41, 5.74) is -0.862. The molecule has 0 atom stereocenters. The zero-order valence-corrected chi connectivity index (χ0v) is 15.1. The molecule has 1 aromatic carbocycles. The zero-order valence-electron chi connectivity index (χ0n) is 15.1. The van der Waals surface area contributed by atoms with Crippen molar-refractivity contribution in [3.63, 3.8) is 0 Å². The fourth-order valence-electron chi connectivity index (χ4n) is 2.93. The Labute approximate surface area is 148 Å². The maximum absolute atomic E-state index is 12.0. The molecular weight excluding hydrogens is 322 g/mol. The number of benzene rings is 1. The van der Waals surface area contributed by atoms with E-state index in [1.54, 1.807) is 20.8 Å². The van der Waals surface area contributed by atoms with Crippen LogP contribution in [0.15, 0.2) is 30.3 Å². The molecule has 6 heteroatoms. The average molecular weight is 349 g/mol. The van der Waals surface area contributed by atoms with Crippen LogP contribution >= 0.6 is 0 Å². The zero-order chi connectivity index (χ0) is 18.5. The van der Waals surface area contributed by atoms with E-state index in [-0.39, 0.29) is 6.10 Å². The molecule has 1 aromatic rings. The Morgan fingerprint density at radius 1 is 1.20 bits per heavy atom. The van der Waals surface area contributed by atoms with Gasteiger partial charge in [0.25, 0.3) is 0 Å². The summed E-state index contributed by atoms with van der Waals surface area (Å²) in [6.07, 6.45) is 1.10. The molecule has 0 saturated heterocycles. The first-order valence-electron chi connectivity index (χ1n) is 8.60. The molecule has 138 valence electrons. The highest BCUT2D eigenvalue weighted by Crippen LogP contribution is 2.31. The third-order valence-electron chi connectivity index (χ3n) is 4.26. The number of hydrogen-bond donors (Lipinski definition) is 2. The molecule has 1 aliphatic carbocycles. The summed E-state index contributed by atoms with van der Waals surface area (Å²) < 4.78 is 11.1. The number of nitrogens with one attached hydrogen (secondary N) is 1. The van der Waals surface area contributed by atoms with Gasteiger partial charge in [0, 0.05) is 0 Å². The molecule has 0 heterocycles. The first kappa shape index (κ1) is 19.2. The highest BCUT2D eigenvalue weighted by molar-refractivity contribution is 5.84. The number of carbonyl (C=O) groups excluding carboxylic acids is 1. The van der Waals surface area contributed by atoms with Crippen LogP contribution in [0.3, 0.4) is 0 Å². The van der Waals surface area contributed by atoms with Crippen molar-refractivity contribution in [1.29, 1.82) is 0 Å². The van der Waals surface area contributed by atoms with Gasteiger partial charge in [-0.2, -0.15) is 0 Å². The Morgan fingerprint density at radius 2 is 1.80 bits per heavy atom. The van der Waals surface area contributed by atoms with Gasteiger partial charge in [0.15, 0.2) is 0 Å². The van der Waals surface area contributed by atoms with Crippen LogP contribution in [0, 0.1) is 0 Å². The van der Waals surface area contributed by atoms with Gasteiger partial charge < -0.3 is 19.9 Å². The third kappa shape index (κ3) is 5.74. The smallest absolute Gasteiger partial charge is 0.408 e. The van der Waals surface area contributed by atoms with E-state index in [4.69, 9.17) is 9.47 Å². The van der Waals surface area contributed by atoms with Gasteiger partial charge in [-0.05, 0) is 52.0 Å². The number of aliphatic carboxylic acids is 1. The van der Waals surface area contributed by atoms with Crippen molar-refractivity contribution in [2.75, 3.05) is 0 Å². The van der Waals surface area contributed by atoms with E-state index in [2.05, 4.69) is 5.32 Å². The van der Waals surface area contributed by atoms with E-state index in [0.717, 1.165) is 5.56 Å². The average Bonchev–Trinajstić information content (AvgIpc) is 2.53. The lowest BCUT2D eigenvalue weighted by Crippen LogP contribution is -2.57. The third-order valence-corrected chi connectivity index (χ3v) is 4.26. The monoisotopic (exact) mass is 349 g/mol. The summed E-state index contributed by atoms with van der Waals surface area (Å²) in [5, 5.41) is 12.2. The lowest BCUT2D eigenvalue weighted by Gasteiger charge is -2.37. The predicted octanol–water partition coefficient (Wildman–Crippen LogP) is 3.49. The van der Waals surface area contributed by atoms with Crippen molar-refractivity contribution in [1.82, 2.24) is 5.32 Å². The molecule has 2 N–H and O–H groups in total. The molecule has 0 radical (unpaired) electrons. The van der Waals surface area contributed by atoms with E-state index in [0.29, 0.717) is 32.3 Å². The van der Waals surface area contributed by atoms with Gasteiger partial charge in [-0.25, -0.2) is 9.59 Å². The van der Waals surface area contributed by atoms with Crippen LogP contribution in [0.2, 0.25) is 0 Å². The fraction of sp³-hybridized carbons (Fsp3) is 0.579. The van der Waals surface area contributed by atoms with Gasteiger partial charge in [-0.1, -0.05) is 30.3 Å². The first-order valence-corrected chi connectivity index (χ1v) is 8.60. The molecule has 0 aliphatic heterocycles. The number of carbonyl (C=O) groups is 2. The Kier molecular flexibility index (Phi) is 6.06. The van der Waals surface area contributed by atoms with Crippen LogP contribution < -0.4 is 5.32 Å². The van der Waals surface area contributed by atoms with Crippen molar-refractivity contribution in [2.24, 2.45) is 0 Å². The number of amides is 1. The molecular formula is C19H27NO5. The molecule has 0 aromatic heterocycles. The van der Waals surface area contributed by atoms with Crippen molar-refractivity contribution < 1.29 is 24.2 Å². The number of hydrogen-bond acceptors (Lipinski definition) is 4. The minimum absolute atomic E-state index is 0.00637. The maximum Gasteiger partial charge on any atom is 0.408 e. The van der Waals surface area contributed by atoms with Crippen molar-refractivity contribution in [2.45, 2.75) is 70.3 Å². The number of carboxylic acid groups (broad SMARTS) is 1. The number of rotatable bonds is 5. The molecule has 0 spiro atoms. The molecule has 6 nitrogen and oxygen atoms in total. The van der Waals surface area contributed by atoms with E-state index >= 15 is 0 Å². The number of ether oxygens (including phenoxy) is 2. The van der Waals surface area contributed by atoms with Crippen LogP contribution in [-0.2, 0) is 20.9 Å². The molecule has 1 aliphatic rings. The standard InChI is InChI=1S/C19H27NO5/c1-18(2,3)25-17(23)20-19(16(21)22)11-9-15(10-12-19)24-13-14-7-5-4-6-8-14/h4-8,15H,9-13H2,1-3H3,(H,20,23)(H,21,22). The van der Waals surface area contributed by atoms with Gasteiger partial charge >= 0.3 is 12.1 Å². The highest BCUT2D eigenvalue weighted by Gasteiger charge is 2.44. The minimum Gasteiger partial charge on any atom is -0.480 e. The predicted molar refractivity (Wildman–Crippen MR) is 93.2 cm³/mol. The maximum atomic E-state index is 12.0. The summed E-state index contributed by atoms with van der Waals surface area (Å²) in [6.45, 7) is 5.74. The summed E-state index contributed by atoms with van der Waals surface area (Å²) >= 11 is 0. The largest absolute Gasteiger partial charge is 0.480 e. The second-order valence-corrected chi connectivity index (χ2v) is 7.51. The summed E-state index contributed by atoms with van der Waals surface area (Å²) in [6, 6.07) is 9.86. The molecule has 1 saturated carbocycles. The number of alkyl carbamates (subject to hydrolysis) is 1. The number of carboxylic acids is 1. The lowest BCUT2D eigenvalue weighted by atomic mass is 9.80. The quantitative estimate of drug-likeness (QED) is 0.850. The Hall–Kier alpha value is -2.08. The molecule has 2 rings (SSSR count). The van der Waals surface area contributed by atoms with Gasteiger partial charge in [-0.3, -0.25) is 0 Å². The van der Waals surface area contributed by atoms with Crippen molar-refractivity contribution in [3.05, 3.63) is 35.9 Å². The first-order chi connectivity index (χ1) is 11.7. The summed E-state index contributed by atoms with van der Waals surface area (Å²) in [4.78, 5) is 23.8.